The molecule has 0 aromatic carbocycles. The lowest BCUT2D eigenvalue weighted by Crippen LogP contribution is -2.36. The third kappa shape index (κ3) is 1.40. The topological polar surface area (TPSA) is 96.8 Å². The lowest BCUT2D eigenvalue weighted by molar-refractivity contribution is -0.102. The number of aromatic amines is 1. The van der Waals surface area contributed by atoms with Crippen molar-refractivity contribution in [1.29, 1.82) is 0 Å². The molecular weight excluding hydrogens is 228 g/mol. The summed E-state index contributed by atoms with van der Waals surface area (Å²) in [5.41, 5.74) is -1.60. The first kappa shape index (κ1) is 10.7. The first-order chi connectivity index (χ1) is 8.06. The second kappa shape index (κ2) is 3.28. The number of fused-ring (bicyclic) bond motifs is 1. The van der Waals surface area contributed by atoms with Crippen molar-refractivity contribution in [3.8, 4) is 0 Å². The van der Waals surface area contributed by atoms with E-state index in [4.69, 9.17) is 14.6 Å². The summed E-state index contributed by atoms with van der Waals surface area (Å²) < 4.78 is 12.3. The minimum absolute atomic E-state index is 0.158. The van der Waals surface area contributed by atoms with Crippen LogP contribution in [0.3, 0.4) is 0 Å². The van der Waals surface area contributed by atoms with Crippen LogP contribution in [0.4, 0.5) is 0 Å². The number of rotatable bonds is 2. The molecule has 2 saturated heterocycles. The highest BCUT2D eigenvalue weighted by Gasteiger charge is 2.69. The molecule has 0 amide bonds. The van der Waals surface area contributed by atoms with Gasteiger partial charge in [-0.3, -0.25) is 14.3 Å². The van der Waals surface area contributed by atoms with Gasteiger partial charge in [-0.05, 0) is 6.92 Å². The number of hydrogen-bond acceptors (Lipinski definition) is 5. The molecule has 7 heteroatoms. The third-order valence-electron chi connectivity index (χ3n) is 3.30. The highest BCUT2D eigenvalue weighted by molar-refractivity contribution is 5.12. The number of hydrogen-bond donors (Lipinski definition) is 2. The number of H-pyrrole nitrogens is 1. The largest absolute Gasteiger partial charge is 0.394 e. The van der Waals surface area contributed by atoms with Crippen LogP contribution in [0.15, 0.2) is 21.9 Å². The van der Waals surface area contributed by atoms with Gasteiger partial charge in [0.1, 0.15) is 17.8 Å². The highest BCUT2D eigenvalue weighted by Crippen LogP contribution is 2.54. The van der Waals surface area contributed by atoms with Crippen molar-refractivity contribution in [3.63, 3.8) is 0 Å². The van der Waals surface area contributed by atoms with E-state index in [2.05, 4.69) is 4.98 Å². The van der Waals surface area contributed by atoms with Gasteiger partial charge in [-0.2, -0.15) is 0 Å². The first-order valence-electron chi connectivity index (χ1n) is 5.32. The smallest absolute Gasteiger partial charge is 0.330 e. The summed E-state index contributed by atoms with van der Waals surface area (Å²) in [6.45, 7) is 1.66. The number of ether oxygens (including phenoxy) is 2. The zero-order chi connectivity index (χ0) is 12.2. The number of nitrogens with zero attached hydrogens (tertiary/aromatic N) is 1. The fraction of sp³-hybridized carbons (Fsp3) is 0.600. The van der Waals surface area contributed by atoms with E-state index in [0.717, 1.165) is 0 Å². The van der Waals surface area contributed by atoms with E-state index in [1.807, 2.05) is 6.92 Å². The summed E-state index contributed by atoms with van der Waals surface area (Å²) >= 11 is 0. The van der Waals surface area contributed by atoms with Gasteiger partial charge in [-0.15, -0.1) is 0 Å². The van der Waals surface area contributed by atoms with Crippen molar-refractivity contribution in [2.24, 2.45) is 0 Å². The van der Waals surface area contributed by atoms with E-state index in [0.29, 0.717) is 0 Å². The Labute approximate surface area is 95.6 Å². The van der Waals surface area contributed by atoms with Crippen molar-refractivity contribution < 1.29 is 14.6 Å². The molecule has 0 aliphatic carbocycles. The summed E-state index contributed by atoms with van der Waals surface area (Å²) in [6.07, 6.45) is 0.129. The van der Waals surface area contributed by atoms with E-state index >= 15 is 0 Å². The van der Waals surface area contributed by atoms with Crippen LogP contribution in [-0.4, -0.2) is 39.1 Å². The standard InChI is InChI=1S/C10H12N2O5/c1-10-7(17-10)5(4-13)16-8(10)12-3-2-6(14)11-9(12)15/h2-3,5,7-8,13H,4H2,1H3,(H,11,14,15). The van der Waals surface area contributed by atoms with E-state index in [1.54, 1.807) is 0 Å². The van der Waals surface area contributed by atoms with Gasteiger partial charge in [0.15, 0.2) is 6.23 Å². The average molecular weight is 240 g/mol. The van der Waals surface area contributed by atoms with Crippen LogP contribution in [0.1, 0.15) is 13.2 Å². The lowest BCUT2D eigenvalue weighted by Gasteiger charge is -2.20. The Kier molecular flexibility index (Phi) is 2.07. The van der Waals surface area contributed by atoms with Crippen LogP contribution in [0.25, 0.3) is 0 Å². The molecule has 0 saturated carbocycles. The molecule has 92 valence electrons. The van der Waals surface area contributed by atoms with Crippen LogP contribution < -0.4 is 11.2 Å². The normalized spacial score (nSPS) is 39.1. The van der Waals surface area contributed by atoms with Gasteiger partial charge in [0.05, 0.1) is 6.61 Å². The Morgan fingerprint density at radius 1 is 1.59 bits per heavy atom. The molecule has 0 spiro atoms. The maximum absolute atomic E-state index is 11.6. The minimum Gasteiger partial charge on any atom is -0.394 e. The van der Waals surface area contributed by atoms with Crippen LogP contribution >= 0.6 is 0 Å². The van der Waals surface area contributed by atoms with Crippen molar-refractivity contribution in [3.05, 3.63) is 33.1 Å². The number of aliphatic hydroxyl groups is 1. The van der Waals surface area contributed by atoms with E-state index in [-0.39, 0.29) is 12.7 Å². The predicted octanol–water partition coefficient (Wildman–Crippen LogP) is -1.42. The SMILES string of the molecule is CC12OC1C(CO)OC2n1ccc(=O)[nH]c1=O. The van der Waals surface area contributed by atoms with Gasteiger partial charge in [0.25, 0.3) is 5.56 Å². The van der Waals surface area contributed by atoms with Crippen molar-refractivity contribution in [2.45, 2.75) is 31.0 Å². The van der Waals surface area contributed by atoms with Crippen molar-refractivity contribution >= 4 is 0 Å². The Morgan fingerprint density at radius 2 is 2.35 bits per heavy atom. The Morgan fingerprint density at radius 3 is 2.94 bits per heavy atom. The second-order valence-corrected chi connectivity index (χ2v) is 4.45. The molecule has 2 fully saturated rings. The molecule has 7 nitrogen and oxygen atoms in total. The quantitative estimate of drug-likeness (QED) is 0.619. The van der Waals surface area contributed by atoms with Crippen LogP contribution in [0.5, 0.6) is 0 Å². The van der Waals surface area contributed by atoms with Gasteiger partial charge < -0.3 is 14.6 Å². The Balaban J connectivity index is 2.01. The fourth-order valence-electron chi connectivity index (χ4n) is 2.35. The van der Waals surface area contributed by atoms with Crippen molar-refractivity contribution in [1.82, 2.24) is 9.55 Å². The maximum Gasteiger partial charge on any atom is 0.330 e. The molecule has 2 aliphatic rings. The first-order valence-corrected chi connectivity index (χ1v) is 5.32. The van der Waals surface area contributed by atoms with Gasteiger partial charge in [-0.25, -0.2) is 4.79 Å². The molecule has 1 aromatic rings. The predicted molar refractivity (Wildman–Crippen MR) is 55.6 cm³/mol. The summed E-state index contributed by atoms with van der Waals surface area (Å²) in [6, 6.07) is 1.25. The monoisotopic (exact) mass is 240 g/mol. The molecule has 4 atom stereocenters. The number of aromatic nitrogens is 2. The minimum atomic E-state index is -0.617. The molecule has 17 heavy (non-hydrogen) atoms. The summed E-state index contributed by atoms with van der Waals surface area (Å²) in [4.78, 5) is 24.8. The number of aliphatic hydroxyl groups excluding tert-OH is 1. The summed E-state index contributed by atoms with van der Waals surface area (Å²) in [5, 5.41) is 9.11. The lowest BCUT2D eigenvalue weighted by atomic mass is 10.1. The zero-order valence-corrected chi connectivity index (χ0v) is 9.12. The fourth-order valence-corrected chi connectivity index (χ4v) is 2.35. The van der Waals surface area contributed by atoms with Crippen LogP contribution in [-0.2, 0) is 9.47 Å². The molecule has 3 heterocycles. The van der Waals surface area contributed by atoms with Crippen molar-refractivity contribution in [2.75, 3.05) is 6.61 Å². The van der Waals surface area contributed by atoms with Crippen LogP contribution in [0, 0.1) is 0 Å². The van der Waals surface area contributed by atoms with Gasteiger partial charge >= 0.3 is 5.69 Å². The number of nitrogens with one attached hydrogen (secondary N) is 1. The van der Waals surface area contributed by atoms with E-state index < -0.39 is 29.2 Å². The molecular formula is C10H12N2O5. The average Bonchev–Trinajstić information content (AvgIpc) is 2.88. The van der Waals surface area contributed by atoms with E-state index in [9.17, 15) is 9.59 Å². The van der Waals surface area contributed by atoms with Gasteiger partial charge in [0, 0.05) is 12.3 Å². The zero-order valence-electron chi connectivity index (χ0n) is 9.12. The Hall–Kier alpha value is -1.44. The molecule has 0 radical (unpaired) electrons. The van der Waals surface area contributed by atoms with Gasteiger partial charge in [-0.1, -0.05) is 0 Å². The molecule has 0 bridgehead atoms. The van der Waals surface area contributed by atoms with Gasteiger partial charge in [0.2, 0.25) is 0 Å². The molecule has 2 N–H and O–H groups in total. The third-order valence-corrected chi connectivity index (χ3v) is 3.30. The summed E-state index contributed by atoms with van der Waals surface area (Å²) in [7, 11) is 0. The van der Waals surface area contributed by atoms with Crippen LogP contribution in [0.2, 0.25) is 0 Å². The molecule has 4 unspecified atom stereocenters. The molecule has 2 aliphatic heterocycles. The van der Waals surface area contributed by atoms with E-state index in [1.165, 1.54) is 16.8 Å². The highest BCUT2D eigenvalue weighted by atomic mass is 16.7. The molecule has 1 aromatic heterocycles. The maximum atomic E-state index is 11.6. The molecule has 3 rings (SSSR count). The Bertz CT molecular complexity index is 564. The number of epoxide rings is 1. The second-order valence-electron chi connectivity index (χ2n) is 4.45. The summed E-state index contributed by atoms with van der Waals surface area (Å²) in [5.74, 6) is 0.